The van der Waals surface area contributed by atoms with Gasteiger partial charge in [0, 0.05) is 21.0 Å². The third-order valence-corrected chi connectivity index (χ3v) is 6.64. The Morgan fingerprint density at radius 1 is 1.15 bits per heavy atom. The zero-order valence-electron chi connectivity index (χ0n) is 16.5. The fourth-order valence-electron chi connectivity index (χ4n) is 4.20. The van der Waals surface area contributed by atoms with Crippen molar-refractivity contribution in [3.63, 3.8) is 0 Å². The molecule has 2 aromatic rings. The van der Waals surface area contributed by atoms with Gasteiger partial charge in [0.15, 0.2) is 0 Å². The van der Waals surface area contributed by atoms with E-state index in [9.17, 15) is 4.79 Å². The van der Waals surface area contributed by atoms with E-state index in [4.69, 9.17) is 9.47 Å². The number of thiophene rings is 1. The lowest BCUT2D eigenvalue weighted by molar-refractivity contribution is 0.0471. The summed E-state index contributed by atoms with van der Waals surface area (Å²) < 4.78 is 13.2. The third kappa shape index (κ3) is 4.23. The summed E-state index contributed by atoms with van der Waals surface area (Å²) in [4.78, 5) is 13.5. The maximum Gasteiger partial charge on any atom is 0.407 e. The van der Waals surface area contributed by atoms with E-state index in [0.717, 1.165) is 31.4 Å². The Bertz CT molecular complexity index is 828. The van der Waals surface area contributed by atoms with Crippen LogP contribution in [0.15, 0.2) is 18.2 Å². The van der Waals surface area contributed by atoms with Crippen LogP contribution in [0.5, 0.6) is 5.75 Å². The largest absolute Gasteiger partial charge is 0.490 e. The van der Waals surface area contributed by atoms with Gasteiger partial charge in [-0.05, 0) is 83.4 Å². The van der Waals surface area contributed by atoms with Crippen molar-refractivity contribution in [3.8, 4) is 5.75 Å². The Labute approximate surface area is 165 Å². The first-order valence-electron chi connectivity index (χ1n) is 10.1. The Morgan fingerprint density at radius 2 is 1.93 bits per heavy atom. The van der Waals surface area contributed by atoms with Gasteiger partial charge in [0.25, 0.3) is 0 Å². The Hall–Kier alpha value is -1.75. The van der Waals surface area contributed by atoms with Crippen LogP contribution >= 0.6 is 11.3 Å². The van der Waals surface area contributed by atoms with E-state index in [1.54, 1.807) is 4.88 Å². The lowest BCUT2D eigenvalue weighted by Gasteiger charge is -2.30. The lowest BCUT2D eigenvalue weighted by atomic mass is 9.93. The molecule has 146 valence electrons. The number of hydrogen-bond acceptors (Lipinski definition) is 4. The fourth-order valence-corrected chi connectivity index (χ4v) is 5.51. The molecule has 2 aliphatic rings. The molecule has 1 amide bonds. The van der Waals surface area contributed by atoms with Crippen molar-refractivity contribution in [2.24, 2.45) is 0 Å². The van der Waals surface area contributed by atoms with Crippen LogP contribution in [0, 0.1) is 0 Å². The summed E-state index contributed by atoms with van der Waals surface area (Å²) in [6.07, 6.45) is 7.37. The fraction of sp³-hybridized carbons (Fsp3) is 0.591. The molecule has 1 N–H and O–H groups in total. The summed E-state index contributed by atoms with van der Waals surface area (Å²) >= 11 is 1.93. The minimum absolute atomic E-state index is 0.181. The predicted octanol–water partition coefficient (Wildman–Crippen LogP) is 5.60. The topological polar surface area (TPSA) is 47.6 Å². The molecule has 4 rings (SSSR count). The van der Waals surface area contributed by atoms with Crippen molar-refractivity contribution in [1.29, 1.82) is 0 Å². The molecule has 0 spiro atoms. The van der Waals surface area contributed by atoms with Crippen molar-refractivity contribution in [2.45, 2.75) is 83.5 Å². The zero-order valence-corrected chi connectivity index (χ0v) is 17.3. The Balaban J connectivity index is 1.36. The van der Waals surface area contributed by atoms with E-state index in [1.807, 2.05) is 32.1 Å². The van der Waals surface area contributed by atoms with Crippen molar-refractivity contribution >= 4 is 27.5 Å². The quantitative estimate of drug-likeness (QED) is 0.745. The van der Waals surface area contributed by atoms with E-state index in [-0.39, 0.29) is 18.2 Å². The number of benzene rings is 1. The minimum atomic E-state index is -0.454. The zero-order chi connectivity index (χ0) is 19.0. The van der Waals surface area contributed by atoms with Crippen LogP contribution in [0.3, 0.4) is 0 Å². The Morgan fingerprint density at radius 3 is 2.67 bits per heavy atom. The molecule has 0 bridgehead atoms. The van der Waals surface area contributed by atoms with Gasteiger partial charge in [0.2, 0.25) is 0 Å². The highest BCUT2D eigenvalue weighted by atomic mass is 32.1. The second-order valence-electron chi connectivity index (χ2n) is 8.72. The van der Waals surface area contributed by atoms with Gasteiger partial charge in [-0.3, -0.25) is 0 Å². The third-order valence-electron chi connectivity index (χ3n) is 5.38. The van der Waals surface area contributed by atoms with Crippen LogP contribution in [-0.2, 0) is 17.6 Å². The molecule has 1 saturated carbocycles. The maximum atomic E-state index is 12.0. The van der Waals surface area contributed by atoms with E-state index < -0.39 is 5.60 Å². The standard InChI is InChI=1S/C22H29NO3S/c1-22(2,3)26-21(24)23-14-10-12-15(13-11-14)25-17-7-5-9-19-20(17)16-6-4-8-18(16)27-19/h5,7,9,14-15H,4,6,8,10-13H2,1-3H3,(H,23,24). The molecule has 4 nitrogen and oxygen atoms in total. The van der Waals surface area contributed by atoms with Gasteiger partial charge in [0.1, 0.15) is 11.4 Å². The molecule has 1 heterocycles. The minimum Gasteiger partial charge on any atom is -0.490 e. The van der Waals surface area contributed by atoms with Gasteiger partial charge in [-0.1, -0.05) is 6.07 Å². The molecule has 0 aliphatic heterocycles. The van der Waals surface area contributed by atoms with Crippen LogP contribution in [-0.4, -0.2) is 23.8 Å². The summed E-state index contributed by atoms with van der Waals surface area (Å²) in [6, 6.07) is 6.63. The first-order chi connectivity index (χ1) is 12.9. The van der Waals surface area contributed by atoms with Crippen LogP contribution in [0.25, 0.3) is 10.1 Å². The van der Waals surface area contributed by atoms with Gasteiger partial charge in [-0.15, -0.1) is 11.3 Å². The monoisotopic (exact) mass is 387 g/mol. The lowest BCUT2D eigenvalue weighted by Crippen LogP contribution is -2.42. The molecule has 0 unspecified atom stereocenters. The average molecular weight is 388 g/mol. The predicted molar refractivity (Wildman–Crippen MR) is 110 cm³/mol. The molecule has 5 heteroatoms. The van der Waals surface area contributed by atoms with Gasteiger partial charge in [0.05, 0.1) is 6.10 Å². The SMILES string of the molecule is CC(C)(C)OC(=O)NC1CCC(Oc2cccc3sc4c(c23)CCC4)CC1. The van der Waals surface area contributed by atoms with Crippen LogP contribution in [0.1, 0.15) is 63.3 Å². The molecule has 1 aromatic carbocycles. The average Bonchev–Trinajstić information content (AvgIpc) is 3.16. The molecule has 27 heavy (non-hydrogen) atoms. The first-order valence-corrected chi connectivity index (χ1v) is 10.9. The number of carbonyl (C=O) groups excluding carboxylic acids is 1. The number of carbonyl (C=O) groups is 1. The maximum absolute atomic E-state index is 12.0. The Kier molecular flexibility index (Phi) is 5.06. The molecular weight excluding hydrogens is 358 g/mol. The van der Waals surface area contributed by atoms with Gasteiger partial charge in [-0.25, -0.2) is 4.79 Å². The van der Waals surface area contributed by atoms with E-state index in [2.05, 4.69) is 23.5 Å². The summed E-state index contributed by atoms with van der Waals surface area (Å²) in [7, 11) is 0. The van der Waals surface area contributed by atoms with Crippen molar-refractivity contribution in [1.82, 2.24) is 5.32 Å². The van der Waals surface area contributed by atoms with E-state index >= 15 is 0 Å². The summed E-state index contributed by atoms with van der Waals surface area (Å²) in [5.74, 6) is 1.05. The molecule has 0 radical (unpaired) electrons. The highest BCUT2D eigenvalue weighted by Gasteiger charge is 2.27. The molecule has 0 saturated heterocycles. The normalized spacial score (nSPS) is 22.5. The summed E-state index contributed by atoms with van der Waals surface area (Å²) in [6.45, 7) is 5.66. The number of rotatable bonds is 3. The second kappa shape index (κ2) is 7.34. The molecule has 1 fully saturated rings. The van der Waals surface area contributed by atoms with E-state index in [1.165, 1.54) is 34.9 Å². The van der Waals surface area contributed by atoms with Gasteiger partial charge < -0.3 is 14.8 Å². The van der Waals surface area contributed by atoms with Crippen molar-refractivity contribution < 1.29 is 14.3 Å². The molecule has 1 aromatic heterocycles. The van der Waals surface area contributed by atoms with Crippen LogP contribution in [0.4, 0.5) is 4.79 Å². The molecule has 0 atom stereocenters. The van der Waals surface area contributed by atoms with E-state index in [0.29, 0.717) is 0 Å². The number of aryl methyl sites for hydroxylation is 2. The van der Waals surface area contributed by atoms with Crippen molar-refractivity contribution in [2.75, 3.05) is 0 Å². The number of alkyl carbamates (subject to hydrolysis) is 1. The molecular formula is C22H29NO3S. The van der Waals surface area contributed by atoms with Gasteiger partial charge >= 0.3 is 6.09 Å². The summed E-state index contributed by atoms with van der Waals surface area (Å²) in [5, 5.41) is 4.36. The molecule has 2 aliphatic carbocycles. The number of ether oxygens (including phenoxy) is 2. The van der Waals surface area contributed by atoms with Crippen LogP contribution in [0.2, 0.25) is 0 Å². The highest BCUT2D eigenvalue weighted by molar-refractivity contribution is 7.19. The number of hydrogen-bond donors (Lipinski definition) is 1. The second-order valence-corrected chi connectivity index (χ2v) is 9.86. The highest BCUT2D eigenvalue weighted by Crippen LogP contribution is 2.42. The number of amides is 1. The van der Waals surface area contributed by atoms with Crippen LogP contribution < -0.4 is 10.1 Å². The van der Waals surface area contributed by atoms with Gasteiger partial charge in [-0.2, -0.15) is 0 Å². The smallest absolute Gasteiger partial charge is 0.407 e. The number of nitrogens with one attached hydrogen (secondary N) is 1. The number of fused-ring (bicyclic) bond motifs is 3. The summed E-state index contributed by atoms with van der Waals surface area (Å²) in [5.41, 5.74) is 1.06. The van der Waals surface area contributed by atoms with Crippen molar-refractivity contribution in [3.05, 3.63) is 28.6 Å². The first kappa shape index (κ1) is 18.6.